The van der Waals surface area contributed by atoms with Crippen molar-refractivity contribution in [2.75, 3.05) is 11.5 Å². The van der Waals surface area contributed by atoms with Crippen molar-refractivity contribution in [1.29, 1.82) is 0 Å². The third-order valence-electron chi connectivity index (χ3n) is 4.69. The van der Waals surface area contributed by atoms with E-state index in [1.54, 1.807) is 6.07 Å². The average molecular weight is 361 g/mol. The Morgan fingerprint density at radius 2 is 1.75 bits per heavy atom. The second kappa shape index (κ2) is 6.06. The molecule has 1 aromatic rings. The van der Waals surface area contributed by atoms with Crippen LogP contribution in [0.5, 0.6) is 0 Å². The molecule has 2 atom stereocenters. The van der Waals surface area contributed by atoms with Gasteiger partial charge in [-0.2, -0.15) is 13.2 Å². The molecular weight excluding hydrogens is 343 g/mol. The predicted octanol–water partition coefficient (Wildman–Crippen LogP) is 2.50. The zero-order valence-electron chi connectivity index (χ0n) is 12.8. The van der Waals surface area contributed by atoms with E-state index in [1.165, 1.54) is 12.1 Å². The minimum Gasteiger partial charge on any atom is -0.353 e. The molecule has 1 aliphatic carbocycles. The maximum atomic E-state index is 13.1. The molecule has 1 heterocycles. The van der Waals surface area contributed by atoms with E-state index in [0.29, 0.717) is 19.3 Å². The number of alkyl halides is 3. The summed E-state index contributed by atoms with van der Waals surface area (Å²) in [6.07, 6.45) is -3.31. The van der Waals surface area contributed by atoms with Gasteiger partial charge in [-0.3, -0.25) is 4.79 Å². The van der Waals surface area contributed by atoms with E-state index >= 15 is 0 Å². The van der Waals surface area contributed by atoms with Crippen LogP contribution in [0.1, 0.15) is 36.3 Å². The van der Waals surface area contributed by atoms with Gasteiger partial charge in [0, 0.05) is 12.0 Å². The molecule has 1 saturated carbocycles. The number of hydrogen-bond acceptors (Lipinski definition) is 3. The van der Waals surface area contributed by atoms with Gasteiger partial charge in [0.05, 0.1) is 17.1 Å². The molecule has 8 heteroatoms. The minimum atomic E-state index is -4.43. The van der Waals surface area contributed by atoms with Crippen LogP contribution in [0.15, 0.2) is 24.3 Å². The number of carbonyl (C=O) groups excluding carboxylic acids is 1. The molecule has 1 saturated heterocycles. The Bertz CT molecular complexity index is 731. The van der Waals surface area contributed by atoms with E-state index in [0.717, 1.165) is 6.07 Å². The summed E-state index contributed by atoms with van der Waals surface area (Å²) in [5, 5.41) is 2.79. The third kappa shape index (κ3) is 3.74. The van der Waals surface area contributed by atoms with Gasteiger partial charge in [-0.05, 0) is 36.8 Å². The molecule has 2 fully saturated rings. The van der Waals surface area contributed by atoms with Crippen molar-refractivity contribution >= 4 is 15.7 Å². The van der Waals surface area contributed by atoms with E-state index in [9.17, 15) is 26.4 Å². The predicted molar refractivity (Wildman–Crippen MR) is 82.1 cm³/mol. The summed E-state index contributed by atoms with van der Waals surface area (Å²) in [6.45, 7) is 0. The normalized spacial score (nSPS) is 26.8. The van der Waals surface area contributed by atoms with Crippen LogP contribution in [0.4, 0.5) is 13.2 Å². The second-order valence-corrected chi connectivity index (χ2v) is 8.77. The van der Waals surface area contributed by atoms with Gasteiger partial charge < -0.3 is 5.32 Å². The molecule has 0 spiro atoms. The maximum absolute atomic E-state index is 13.1. The molecular formula is C16H18F3NO3S. The average Bonchev–Trinajstić information content (AvgIpc) is 3.29. The number of benzene rings is 1. The lowest BCUT2D eigenvalue weighted by atomic mass is 10.0. The number of hydrogen-bond donors (Lipinski definition) is 1. The molecule has 1 N–H and O–H groups in total. The molecule has 2 aliphatic rings. The zero-order valence-corrected chi connectivity index (χ0v) is 13.7. The lowest BCUT2D eigenvalue weighted by Crippen LogP contribution is -2.41. The fourth-order valence-electron chi connectivity index (χ4n) is 3.25. The number of halogens is 3. The lowest BCUT2D eigenvalue weighted by molar-refractivity contribution is -0.138. The van der Waals surface area contributed by atoms with Gasteiger partial charge in [-0.15, -0.1) is 0 Å². The molecule has 0 unspecified atom stereocenters. The highest BCUT2D eigenvalue weighted by Gasteiger charge is 2.48. The van der Waals surface area contributed by atoms with Crippen molar-refractivity contribution in [3.8, 4) is 0 Å². The molecule has 0 radical (unpaired) electrons. The standard InChI is InChI=1S/C16H18F3NO3S/c17-16(18,19)14-4-2-1-3-11(14)12-9-13(12)15(21)20-10-5-7-24(22,23)8-6-10/h1-4,10,12-13H,5-9H2,(H,20,21)/t12-,13+/m1/s1. The summed E-state index contributed by atoms with van der Waals surface area (Å²) < 4.78 is 61.9. The lowest BCUT2D eigenvalue weighted by Gasteiger charge is -2.23. The topological polar surface area (TPSA) is 63.2 Å². The van der Waals surface area contributed by atoms with Crippen LogP contribution in [0.2, 0.25) is 0 Å². The van der Waals surface area contributed by atoms with Gasteiger partial charge in [-0.25, -0.2) is 8.42 Å². The summed E-state index contributed by atoms with van der Waals surface area (Å²) in [4.78, 5) is 12.2. The van der Waals surface area contributed by atoms with Gasteiger partial charge in [0.2, 0.25) is 5.91 Å². The Labute approximate surface area is 138 Å². The first-order valence-electron chi connectivity index (χ1n) is 7.84. The van der Waals surface area contributed by atoms with Crippen LogP contribution in [0, 0.1) is 5.92 Å². The quantitative estimate of drug-likeness (QED) is 0.900. The third-order valence-corrected chi connectivity index (χ3v) is 6.41. The number of carbonyl (C=O) groups is 1. The van der Waals surface area contributed by atoms with E-state index in [4.69, 9.17) is 0 Å². The highest BCUT2D eigenvalue weighted by Crippen LogP contribution is 2.51. The summed E-state index contributed by atoms with van der Waals surface area (Å²) in [7, 11) is -3.01. The van der Waals surface area contributed by atoms with E-state index in [2.05, 4.69) is 5.32 Å². The number of nitrogens with one attached hydrogen (secondary N) is 1. The minimum absolute atomic E-state index is 0.0446. The largest absolute Gasteiger partial charge is 0.416 e. The molecule has 0 aromatic heterocycles. The van der Waals surface area contributed by atoms with Crippen molar-refractivity contribution in [3.05, 3.63) is 35.4 Å². The Morgan fingerprint density at radius 1 is 1.12 bits per heavy atom. The van der Waals surface area contributed by atoms with Crippen LogP contribution >= 0.6 is 0 Å². The first kappa shape index (κ1) is 17.3. The number of rotatable bonds is 3. The van der Waals surface area contributed by atoms with E-state index in [-0.39, 0.29) is 29.0 Å². The first-order chi connectivity index (χ1) is 11.2. The Kier molecular flexibility index (Phi) is 4.36. The summed E-state index contributed by atoms with van der Waals surface area (Å²) in [5.74, 6) is -1.07. The first-order valence-corrected chi connectivity index (χ1v) is 9.66. The highest BCUT2D eigenvalue weighted by atomic mass is 32.2. The van der Waals surface area contributed by atoms with Crippen LogP contribution < -0.4 is 5.32 Å². The molecule has 0 bridgehead atoms. The van der Waals surface area contributed by atoms with Gasteiger partial charge in [0.1, 0.15) is 9.84 Å². The smallest absolute Gasteiger partial charge is 0.353 e. The van der Waals surface area contributed by atoms with Gasteiger partial charge in [0.15, 0.2) is 0 Å². The monoisotopic (exact) mass is 361 g/mol. The number of amides is 1. The van der Waals surface area contributed by atoms with Crippen LogP contribution in [-0.2, 0) is 20.8 Å². The van der Waals surface area contributed by atoms with Crippen molar-refractivity contribution < 1.29 is 26.4 Å². The second-order valence-electron chi connectivity index (χ2n) is 6.47. The molecule has 1 aliphatic heterocycles. The maximum Gasteiger partial charge on any atom is 0.416 e. The zero-order chi connectivity index (χ0) is 17.5. The Hall–Kier alpha value is -1.57. The van der Waals surface area contributed by atoms with Crippen molar-refractivity contribution in [3.63, 3.8) is 0 Å². The van der Waals surface area contributed by atoms with Crippen LogP contribution in [-0.4, -0.2) is 31.9 Å². The molecule has 24 heavy (non-hydrogen) atoms. The van der Waals surface area contributed by atoms with Gasteiger partial charge in [0.25, 0.3) is 0 Å². The van der Waals surface area contributed by atoms with E-state index < -0.39 is 33.4 Å². The summed E-state index contributed by atoms with van der Waals surface area (Å²) >= 11 is 0. The fraction of sp³-hybridized carbons (Fsp3) is 0.562. The summed E-state index contributed by atoms with van der Waals surface area (Å²) in [5.41, 5.74) is -0.523. The van der Waals surface area contributed by atoms with Gasteiger partial charge in [-0.1, -0.05) is 18.2 Å². The molecule has 1 amide bonds. The number of sulfone groups is 1. The molecule has 1 aromatic carbocycles. The molecule has 3 rings (SSSR count). The van der Waals surface area contributed by atoms with Crippen molar-refractivity contribution in [2.24, 2.45) is 5.92 Å². The van der Waals surface area contributed by atoms with Crippen molar-refractivity contribution in [1.82, 2.24) is 5.32 Å². The Balaban J connectivity index is 1.63. The van der Waals surface area contributed by atoms with Crippen LogP contribution in [0.3, 0.4) is 0 Å². The molecule has 4 nitrogen and oxygen atoms in total. The fourth-order valence-corrected chi connectivity index (χ4v) is 4.74. The highest BCUT2D eigenvalue weighted by molar-refractivity contribution is 7.91. The summed E-state index contributed by atoms with van der Waals surface area (Å²) in [6, 6.07) is 5.14. The molecule has 132 valence electrons. The van der Waals surface area contributed by atoms with Crippen molar-refractivity contribution in [2.45, 2.75) is 37.4 Å². The van der Waals surface area contributed by atoms with Crippen LogP contribution in [0.25, 0.3) is 0 Å². The SMILES string of the molecule is O=C(NC1CCS(=O)(=O)CC1)[C@H]1C[C@@H]1c1ccccc1C(F)(F)F. The van der Waals surface area contributed by atoms with E-state index in [1.807, 2.05) is 0 Å². The Morgan fingerprint density at radius 3 is 2.38 bits per heavy atom. The van der Waals surface area contributed by atoms with Gasteiger partial charge >= 0.3 is 6.18 Å².